The van der Waals surface area contributed by atoms with E-state index in [1.807, 2.05) is 13.1 Å². The Morgan fingerprint density at radius 3 is 2.35 bits per heavy atom. The fraction of sp³-hybridized carbons (Fsp3) is 0.765. The van der Waals surface area contributed by atoms with Gasteiger partial charge in [0.25, 0.3) is 0 Å². The summed E-state index contributed by atoms with van der Waals surface area (Å²) in [5, 5.41) is 0. The van der Waals surface area contributed by atoms with Crippen molar-refractivity contribution in [3.8, 4) is 0 Å². The fourth-order valence-electron chi connectivity index (χ4n) is 5.51. The van der Waals surface area contributed by atoms with E-state index in [2.05, 4.69) is 11.1 Å². The molecule has 3 nitrogen and oxygen atoms in total. The van der Waals surface area contributed by atoms with Crippen molar-refractivity contribution in [1.29, 1.82) is 0 Å². The van der Waals surface area contributed by atoms with E-state index < -0.39 is 0 Å². The molecule has 4 saturated carbocycles. The van der Waals surface area contributed by atoms with E-state index in [-0.39, 0.29) is 6.04 Å². The van der Waals surface area contributed by atoms with Crippen molar-refractivity contribution >= 4 is 0 Å². The monoisotopic (exact) mass is 271 g/mol. The highest BCUT2D eigenvalue weighted by Crippen LogP contribution is 2.60. The zero-order valence-electron chi connectivity index (χ0n) is 12.4. The number of hydrogen-bond donors (Lipinski definition) is 1. The van der Waals surface area contributed by atoms with Gasteiger partial charge in [-0.3, -0.25) is 0 Å². The molecular weight excluding hydrogens is 246 g/mol. The summed E-state index contributed by atoms with van der Waals surface area (Å²) in [6.07, 6.45) is 11.3. The molecule has 0 amide bonds. The zero-order valence-corrected chi connectivity index (χ0v) is 12.4. The van der Waals surface area contributed by atoms with E-state index in [4.69, 9.17) is 10.7 Å². The van der Waals surface area contributed by atoms with Gasteiger partial charge in [0.1, 0.15) is 5.82 Å². The van der Waals surface area contributed by atoms with E-state index in [0.717, 1.165) is 30.0 Å². The van der Waals surface area contributed by atoms with Crippen LogP contribution in [-0.4, -0.2) is 16.0 Å². The molecule has 0 spiro atoms. The van der Waals surface area contributed by atoms with Crippen molar-refractivity contribution < 1.29 is 0 Å². The van der Waals surface area contributed by atoms with Gasteiger partial charge in [-0.1, -0.05) is 0 Å². The first kappa shape index (κ1) is 12.8. The summed E-state index contributed by atoms with van der Waals surface area (Å²) >= 11 is 0. The third-order valence-corrected chi connectivity index (χ3v) is 5.79. The van der Waals surface area contributed by atoms with Crippen molar-refractivity contribution in [1.82, 2.24) is 9.97 Å². The molecule has 0 aliphatic heterocycles. The van der Waals surface area contributed by atoms with Gasteiger partial charge in [-0.05, 0) is 69.3 Å². The van der Waals surface area contributed by atoms with Crippen LogP contribution < -0.4 is 5.73 Å². The topological polar surface area (TPSA) is 51.8 Å². The van der Waals surface area contributed by atoms with Crippen LogP contribution in [0.5, 0.6) is 0 Å². The summed E-state index contributed by atoms with van der Waals surface area (Å²) in [7, 11) is 0. The quantitative estimate of drug-likeness (QED) is 0.919. The second kappa shape index (κ2) is 4.52. The van der Waals surface area contributed by atoms with Crippen molar-refractivity contribution in [2.75, 3.05) is 0 Å². The third kappa shape index (κ3) is 2.07. The van der Waals surface area contributed by atoms with Gasteiger partial charge in [0.2, 0.25) is 0 Å². The third-order valence-electron chi connectivity index (χ3n) is 5.79. The Kier molecular flexibility index (Phi) is 2.88. The summed E-state index contributed by atoms with van der Waals surface area (Å²) in [5.41, 5.74) is 7.60. The van der Waals surface area contributed by atoms with Crippen LogP contribution >= 0.6 is 0 Å². The number of rotatable bonds is 3. The molecule has 4 bridgehead atoms. The molecule has 20 heavy (non-hydrogen) atoms. The molecule has 4 fully saturated rings. The van der Waals surface area contributed by atoms with Crippen LogP contribution in [0, 0.1) is 17.8 Å². The predicted octanol–water partition coefficient (Wildman–Crippen LogP) is 2.83. The van der Waals surface area contributed by atoms with Crippen LogP contribution in [0.3, 0.4) is 0 Å². The highest BCUT2D eigenvalue weighted by Gasteiger charge is 2.52. The van der Waals surface area contributed by atoms with Crippen LogP contribution in [0.15, 0.2) is 12.3 Å². The van der Waals surface area contributed by atoms with Crippen LogP contribution in [0.4, 0.5) is 0 Å². The standard InChI is InChI=1S/C17H25N3/c1-11(18)4-16-19-3-2-15(20-16)17-8-12-5-13(9-17)7-14(6-12)10-17/h2-3,11-14H,4-10,18H2,1H3. The smallest absolute Gasteiger partial charge is 0.130 e. The van der Waals surface area contributed by atoms with Crippen molar-refractivity contribution in [2.24, 2.45) is 23.5 Å². The zero-order chi connectivity index (χ0) is 13.7. The molecule has 0 aromatic carbocycles. The van der Waals surface area contributed by atoms with Crippen molar-refractivity contribution in [3.05, 3.63) is 23.8 Å². The molecule has 5 rings (SSSR count). The summed E-state index contributed by atoms with van der Waals surface area (Å²) in [6.45, 7) is 2.03. The lowest BCUT2D eigenvalue weighted by molar-refractivity contribution is -0.00736. The molecule has 4 aliphatic carbocycles. The lowest BCUT2D eigenvalue weighted by atomic mass is 9.49. The molecule has 1 aromatic rings. The molecule has 0 saturated heterocycles. The number of nitrogens with zero attached hydrogens (tertiary/aromatic N) is 2. The van der Waals surface area contributed by atoms with Crippen molar-refractivity contribution in [2.45, 2.75) is 63.3 Å². The molecule has 3 heteroatoms. The largest absolute Gasteiger partial charge is 0.328 e. The Morgan fingerprint density at radius 2 is 1.80 bits per heavy atom. The summed E-state index contributed by atoms with van der Waals surface area (Å²) < 4.78 is 0. The fourth-order valence-corrected chi connectivity index (χ4v) is 5.51. The van der Waals surface area contributed by atoms with E-state index in [1.165, 1.54) is 44.2 Å². The van der Waals surface area contributed by atoms with Gasteiger partial charge in [0, 0.05) is 24.1 Å². The maximum Gasteiger partial charge on any atom is 0.130 e. The van der Waals surface area contributed by atoms with Crippen LogP contribution in [0.1, 0.15) is 57.0 Å². The minimum Gasteiger partial charge on any atom is -0.328 e. The summed E-state index contributed by atoms with van der Waals surface area (Å²) in [6, 6.07) is 2.32. The normalized spacial score (nSPS) is 40.0. The van der Waals surface area contributed by atoms with E-state index in [9.17, 15) is 0 Å². The molecular formula is C17H25N3. The second-order valence-corrected chi connectivity index (χ2v) is 7.74. The maximum absolute atomic E-state index is 5.90. The Morgan fingerprint density at radius 1 is 1.20 bits per heavy atom. The first-order valence-corrected chi connectivity index (χ1v) is 8.21. The Bertz CT molecular complexity index is 473. The lowest BCUT2D eigenvalue weighted by Gasteiger charge is -2.56. The average Bonchev–Trinajstić information content (AvgIpc) is 2.36. The molecule has 2 N–H and O–H groups in total. The van der Waals surface area contributed by atoms with Gasteiger partial charge in [-0.25, -0.2) is 9.97 Å². The van der Waals surface area contributed by atoms with Crippen LogP contribution in [0.25, 0.3) is 0 Å². The first-order chi connectivity index (χ1) is 9.63. The molecule has 1 aromatic heterocycles. The van der Waals surface area contributed by atoms with Crippen molar-refractivity contribution in [3.63, 3.8) is 0 Å². The van der Waals surface area contributed by atoms with Gasteiger partial charge in [0.05, 0.1) is 5.69 Å². The Labute approximate surface area is 121 Å². The number of hydrogen-bond acceptors (Lipinski definition) is 3. The molecule has 1 atom stereocenters. The minimum absolute atomic E-state index is 0.140. The van der Waals surface area contributed by atoms with E-state index in [0.29, 0.717) is 5.41 Å². The Balaban J connectivity index is 1.66. The molecule has 1 heterocycles. The predicted molar refractivity (Wildman–Crippen MR) is 79.2 cm³/mol. The Hall–Kier alpha value is -0.960. The van der Waals surface area contributed by atoms with Gasteiger partial charge in [-0.2, -0.15) is 0 Å². The molecule has 4 aliphatic rings. The van der Waals surface area contributed by atoms with E-state index in [1.54, 1.807) is 0 Å². The number of aromatic nitrogens is 2. The summed E-state index contributed by atoms with van der Waals surface area (Å²) in [5.74, 6) is 3.84. The van der Waals surface area contributed by atoms with Crippen LogP contribution in [0.2, 0.25) is 0 Å². The molecule has 1 unspecified atom stereocenters. The van der Waals surface area contributed by atoms with E-state index >= 15 is 0 Å². The minimum atomic E-state index is 0.140. The summed E-state index contributed by atoms with van der Waals surface area (Å²) in [4.78, 5) is 9.33. The molecule has 108 valence electrons. The number of nitrogens with two attached hydrogens (primary N) is 1. The van der Waals surface area contributed by atoms with Crippen LogP contribution in [-0.2, 0) is 11.8 Å². The molecule has 0 radical (unpaired) electrons. The lowest BCUT2D eigenvalue weighted by Crippen LogP contribution is -2.49. The average molecular weight is 271 g/mol. The first-order valence-electron chi connectivity index (χ1n) is 8.21. The van der Waals surface area contributed by atoms with Gasteiger partial charge in [-0.15, -0.1) is 0 Å². The van der Waals surface area contributed by atoms with Gasteiger partial charge in [0.15, 0.2) is 0 Å². The van der Waals surface area contributed by atoms with Gasteiger partial charge < -0.3 is 5.73 Å². The second-order valence-electron chi connectivity index (χ2n) is 7.74. The maximum atomic E-state index is 5.90. The highest BCUT2D eigenvalue weighted by molar-refractivity contribution is 5.22. The SMILES string of the molecule is CC(N)Cc1nccc(C23CC4CC(CC(C4)C2)C3)n1. The highest BCUT2D eigenvalue weighted by atomic mass is 14.9. The van der Waals surface area contributed by atoms with Gasteiger partial charge >= 0.3 is 0 Å².